The van der Waals surface area contributed by atoms with Crippen molar-refractivity contribution in [3.8, 4) is 0 Å². The van der Waals surface area contributed by atoms with E-state index >= 15 is 0 Å². The number of hydrogen-bond acceptors (Lipinski definition) is 3. The smallest absolute Gasteiger partial charge is 0.307 e. The Hall–Kier alpha value is -0.610. The van der Waals surface area contributed by atoms with Gasteiger partial charge in [-0.15, -0.1) is 0 Å². The molecule has 74 valence electrons. The summed E-state index contributed by atoms with van der Waals surface area (Å²) in [7, 11) is 0. The van der Waals surface area contributed by atoms with Gasteiger partial charge >= 0.3 is 4.87 Å². The van der Waals surface area contributed by atoms with Crippen molar-refractivity contribution in [1.29, 1.82) is 0 Å². The maximum Gasteiger partial charge on any atom is 0.307 e. The molecule has 1 aromatic rings. The van der Waals surface area contributed by atoms with E-state index in [9.17, 15) is 4.79 Å². The van der Waals surface area contributed by atoms with Crippen LogP contribution in [0.4, 0.5) is 0 Å². The van der Waals surface area contributed by atoms with Crippen LogP contribution in [-0.4, -0.2) is 16.3 Å². The number of aryl methyl sites for hydroxylation is 1. The molecule has 1 heterocycles. The molecule has 1 aromatic heterocycles. The number of rotatable bonds is 4. The summed E-state index contributed by atoms with van der Waals surface area (Å²) in [6.07, 6.45) is 1.63. The first-order chi connectivity index (χ1) is 6.16. The third-order valence-electron chi connectivity index (χ3n) is 2.17. The van der Waals surface area contributed by atoms with Gasteiger partial charge in [0, 0.05) is 23.7 Å². The molecule has 0 fully saturated rings. The number of aromatic nitrogens is 1. The minimum Gasteiger partial charge on any atom is -0.396 e. The number of hydrogen-bond donors (Lipinski definition) is 1. The Labute approximate surface area is 81.6 Å². The molecular weight excluding hydrogens is 186 g/mol. The zero-order valence-corrected chi connectivity index (χ0v) is 8.86. The molecule has 0 aliphatic carbocycles. The second-order valence-corrected chi connectivity index (χ2v) is 4.26. The fourth-order valence-electron chi connectivity index (χ4n) is 1.23. The van der Waals surface area contributed by atoms with Crippen LogP contribution in [0.2, 0.25) is 0 Å². The van der Waals surface area contributed by atoms with E-state index in [2.05, 4.69) is 0 Å². The van der Waals surface area contributed by atoms with E-state index in [4.69, 9.17) is 5.11 Å². The minimum atomic E-state index is 0.118. The van der Waals surface area contributed by atoms with Crippen LogP contribution in [-0.2, 0) is 6.54 Å². The zero-order chi connectivity index (χ0) is 9.84. The van der Waals surface area contributed by atoms with E-state index in [1.807, 2.05) is 13.8 Å². The highest BCUT2D eigenvalue weighted by Crippen LogP contribution is 2.09. The third kappa shape index (κ3) is 2.42. The van der Waals surface area contributed by atoms with Crippen LogP contribution in [0, 0.1) is 13.8 Å². The quantitative estimate of drug-likeness (QED) is 0.746. The molecule has 0 amide bonds. The molecule has 13 heavy (non-hydrogen) atoms. The Bertz CT molecular complexity index is 327. The van der Waals surface area contributed by atoms with E-state index in [-0.39, 0.29) is 11.5 Å². The lowest BCUT2D eigenvalue weighted by Gasteiger charge is -2.02. The predicted octanol–water partition coefficient (Wildman–Crippen LogP) is 1.30. The summed E-state index contributed by atoms with van der Waals surface area (Å²) in [5, 5.41) is 8.60. The lowest BCUT2D eigenvalue weighted by Crippen LogP contribution is -2.14. The molecule has 0 unspecified atom stereocenters. The first-order valence-electron chi connectivity index (χ1n) is 4.44. The normalized spacial score (nSPS) is 10.7. The van der Waals surface area contributed by atoms with E-state index < -0.39 is 0 Å². The first kappa shape index (κ1) is 10.5. The van der Waals surface area contributed by atoms with Gasteiger partial charge in [-0.05, 0) is 26.7 Å². The highest BCUT2D eigenvalue weighted by Gasteiger charge is 2.05. The molecule has 0 saturated heterocycles. The summed E-state index contributed by atoms with van der Waals surface area (Å²) in [6.45, 7) is 4.86. The summed E-state index contributed by atoms with van der Waals surface area (Å²) in [4.78, 5) is 12.6. The van der Waals surface area contributed by atoms with Gasteiger partial charge in [-0.25, -0.2) is 0 Å². The van der Waals surface area contributed by atoms with Crippen LogP contribution < -0.4 is 4.87 Å². The Balaban J connectivity index is 2.70. The average molecular weight is 201 g/mol. The van der Waals surface area contributed by atoms with Gasteiger partial charge in [0.2, 0.25) is 0 Å². The second kappa shape index (κ2) is 4.58. The molecule has 0 aliphatic rings. The van der Waals surface area contributed by atoms with Gasteiger partial charge in [-0.3, -0.25) is 4.79 Å². The van der Waals surface area contributed by atoms with Crippen molar-refractivity contribution in [2.24, 2.45) is 0 Å². The van der Waals surface area contributed by atoms with Gasteiger partial charge in [0.05, 0.1) is 0 Å². The molecular formula is C9H15NO2S. The van der Waals surface area contributed by atoms with Gasteiger partial charge in [-0.1, -0.05) is 11.3 Å². The van der Waals surface area contributed by atoms with Crippen LogP contribution in [0.1, 0.15) is 23.4 Å². The topological polar surface area (TPSA) is 42.2 Å². The average Bonchev–Trinajstić information content (AvgIpc) is 2.32. The van der Waals surface area contributed by atoms with Gasteiger partial charge < -0.3 is 9.67 Å². The van der Waals surface area contributed by atoms with Crippen molar-refractivity contribution in [1.82, 2.24) is 4.57 Å². The molecule has 1 rings (SSSR count). The standard InChI is InChI=1S/C9H15NO2S/c1-7-8(2)13-9(12)10(7)5-3-4-6-11/h11H,3-6H2,1-2H3. The van der Waals surface area contributed by atoms with Gasteiger partial charge in [0.25, 0.3) is 0 Å². The lowest BCUT2D eigenvalue weighted by molar-refractivity contribution is 0.281. The maximum atomic E-state index is 11.4. The Morgan fingerprint density at radius 2 is 2.08 bits per heavy atom. The second-order valence-electron chi connectivity index (χ2n) is 3.09. The van der Waals surface area contributed by atoms with E-state index in [0.29, 0.717) is 0 Å². The van der Waals surface area contributed by atoms with Crippen LogP contribution >= 0.6 is 11.3 Å². The summed E-state index contributed by atoms with van der Waals surface area (Å²) in [5.74, 6) is 0. The first-order valence-corrected chi connectivity index (χ1v) is 5.26. The molecule has 0 radical (unpaired) electrons. The molecule has 0 aliphatic heterocycles. The van der Waals surface area contributed by atoms with Crippen molar-refractivity contribution >= 4 is 11.3 Å². The molecule has 0 atom stereocenters. The minimum absolute atomic E-state index is 0.118. The van der Waals surface area contributed by atoms with Crippen molar-refractivity contribution in [2.45, 2.75) is 33.2 Å². The highest BCUT2D eigenvalue weighted by atomic mass is 32.1. The molecule has 4 heteroatoms. The van der Waals surface area contributed by atoms with E-state index in [0.717, 1.165) is 30.0 Å². The number of unbranched alkanes of at least 4 members (excludes halogenated alkanes) is 1. The Morgan fingerprint density at radius 3 is 2.54 bits per heavy atom. The molecule has 0 bridgehead atoms. The van der Waals surface area contributed by atoms with Crippen LogP contribution in [0.3, 0.4) is 0 Å². The summed E-state index contributed by atoms with van der Waals surface area (Å²) < 4.78 is 1.79. The fourth-order valence-corrected chi connectivity index (χ4v) is 2.09. The van der Waals surface area contributed by atoms with Crippen LogP contribution in [0.25, 0.3) is 0 Å². The monoisotopic (exact) mass is 201 g/mol. The zero-order valence-electron chi connectivity index (χ0n) is 8.04. The largest absolute Gasteiger partial charge is 0.396 e. The summed E-state index contributed by atoms with van der Waals surface area (Å²) >= 11 is 1.30. The molecule has 1 N–H and O–H groups in total. The lowest BCUT2D eigenvalue weighted by atomic mass is 10.3. The van der Waals surface area contributed by atoms with Gasteiger partial charge in [0.1, 0.15) is 0 Å². The third-order valence-corrected chi connectivity index (χ3v) is 3.16. The number of aliphatic hydroxyl groups is 1. The van der Waals surface area contributed by atoms with Crippen molar-refractivity contribution < 1.29 is 5.11 Å². The summed E-state index contributed by atoms with van der Waals surface area (Å²) in [5.41, 5.74) is 1.06. The number of thiazole rings is 1. The Morgan fingerprint density at radius 1 is 1.38 bits per heavy atom. The number of nitrogens with zero attached hydrogens (tertiary/aromatic N) is 1. The van der Waals surface area contributed by atoms with E-state index in [1.165, 1.54) is 11.3 Å². The van der Waals surface area contributed by atoms with Crippen LogP contribution in [0.15, 0.2) is 4.79 Å². The molecule has 3 nitrogen and oxygen atoms in total. The van der Waals surface area contributed by atoms with Gasteiger partial charge in [-0.2, -0.15) is 0 Å². The molecule has 0 aromatic carbocycles. The summed E-state index contributed by atoms with van der Waals surface area (Å²) in [6, 6.07) is 0. The maximum absolute atomic E-state index is 11.4. The SMILES string of the molecule is Cc1sc(=O)n(CCCCO)c1C. The molecule has 0 saturated carbocycles. The Kier molecular flexibility index (Phi) is 3.69. The van der Waals surface area contributed by atoms with E-state index in [1.54, 1.807) is 4.57 Å². The molecule has 0 spiro atoms. The van der Waals surface area contributed by atoms with Crippen molar-refractivity contribution in [2.75, 3.05) is 6.61 Å². The fraction of sp³-hybridized carbons (Fsp3) is 0.667. The highest BCUT2D eigenvalue weighted by molar-refractivity contribution is 7.09. The van der Waals surface area contributed by atoms with Crippen molar-refractivity contribution in [3.05, 3.63) is 20.2 Å². The van der Waals surface area contributed by atoms with Crippen LogP contribution in [0.5, 0.6) is 0 Å². The predicted molar refractivity (Wildman–Crippen MR) is 54.4 cm³/mol. The van der Waals surface area contributed by atoms with Gasteiger partial charge in [0.15, 0.2) is 0 Å². The number of aliphatic hydroxyl groups excluding tert-OH is 1. The van der Waals surface area contributed by atoms with Crippen molar-refractivity contribution in [3.63, 3.8) is 0 Å².